The van der Waals surface area contributed by atoms with Crippen LogP contribution in [0.15, 0.2) is 18.3 Å². The van der Waals surface area contributed by atoms with Crippen LogP contribution < -0.4 is 5.73 Å². The van der Waals surface area contributed by atoms with Gasteiger partial charge in [-0.1, -0.05) is 19.8 Å². The van der Waals surface area contributed by atoms with Crippen LogP contribution in [0.5, 0.6) is 0 Å². The molecule has 0 aromatic carbocycles. The number of unbranched alkanes of at least 4 members (excludes halogenated alkanes) is 2. The number of nitrogens with zero attached hydrogens (tertiary/aromatic N) is 1. The van der Waals surface area contributed by atoms with E-state index in [9.17, 15) is 9.59 Å². The van der Waals surface area contributed by atoms with E-state index in [4.69, 9.17) is 5.73 Å². The molecule has 1 aromatic rings. The Labute approximate surface area is 100.0 Å². The van der Waals surface area contributed by atoms with Crippen molar-refractivity contribution in [2.75, 3.05) is 5.73 Å². The minimum absolute atomic E-state index is 0.0684. The molecule has 92 valence electrons. The van der Waals surface area contributed by atoms with Gasteiger partial charge in [0, 0.05) is 12.6 Å². The molecule has 0 aliphatic carbocycles. The molecule has 0 spiro atoms. The summed E-state index contributed by atoms with van der Waals surface area (Å²) < 4.78 is 4.67. The molecule has 0 amide bonds. The van der Waals surface area contributed by atoms with Gasteiger partial charge in [0.2, 0.25) is 0 Å². The second-order valence-corrected chi connectivity index (χ2v) is 3.65. The Kier molecular flexibility index (Phi) is 5.13. The number of nitrogen functional groups attached to an aromatic ring is 1. The number of pyridine rings is 1. The summed E-state index contributed by atoms with van der Waals surface area (Å²) >= 11 is 0. The van der Waals surface area contributed by atoms with Crippen LogP contribution >= 0.6 is 0 Å². The van der Waals surface area contributed by atoms with Crippen molar-refractivity contribution in [1.29, 1.82) is 0 Å². The monoisotopic (exact) mass is 236 g/mol. The van der Waals surface area contributed by atoms with E-state index in [1.165, 1.54) is 12.3 Å². The molecule has 0 bridgehead atoms. The highest BCUT2D eigenvalue weighted by Gasteiger charge is 2.15. The number of hydrogen-bond acceptors (Lipinski definition) is 5. The van der Waals surface area contributed by atoms with Gasteiger partial charge in [0.1, 0.15) is 11.4 Å². The second kappa shape index (κ2) is 6.62. The van der Waals surface area contributed by atoms with Crippen molar-refractivity contribution in [1.82, 2.24) is 4.98 Å². The molecule has 17 heavy (non-hydrogen) atoms. The lowest BCUT2D eigenvalue weighted by Gasteiger charge is -2.04. The molecule has 0 atom stereocenters. The van der Waals surface area contributed by atoms with Gasteiger partial charge in [0.25, 0.3) is 0 Å². The Bertz CT molecular complexity index is 404. The van der Waals surface area contributed by atoms with E-state index in [2.05, 4.69) is 9.72 Å². The molecule has 0 radical (unpaired) electrons. The van der Waals surface area contributed by atoms with Crippen LogP contribution in [0.25, 0.3) is 0 Å². The Balaban J connectivity index is 2.49. The SMILES string of the molecule is CCCCCC(=O)OC(=O)c1cccnc1N. The van der Waals surface area contributed by atoms with Gasteiger partial charge in [0.15, 0.2) is 0 Å². The van der Waals surface area contributed by atoms with Crippen LogP contribution in [0.1, 0.15) is 43.0 Å². The Morgan fingerprint density at radius 2 is 2.18 bits per heavy atom. The minimum Gasteiger partial charge on any atom is -0.389 e. The molecule has 5 heteroatoms. The second-order valence-electron chi connectivity index (χ2n) is 3.65. The predicted octanol–water partition coefficient (Wildman–Crippen LogP) is 1.93. The minimum atomic E-state index is -0.739. The first-order valence-electron chi connectivity index (χ1n) is 5.60. The third-order valence-corrected chi connectivity index (χ3v) is 2.25. The van der Waals surface area contributed by atoms with Crippen LogP contribution in [0.2, 0.25) is 0 Å². The molecule has 5 nitrogen and oxygen atoms in total. The molecule has 0 aliphatic rings. The molecule has 0 saturated heterocycles. The number of anilines is 1. The maximum absolute atomic E-state index is 11.5. The van der Waals surface area contributed by atoms with Crippen molar-refractivity contribution in [2.45, 2.75) is 32.6 Å². The molecular weight excluding hydrogens is 220 g/mol. The highest BCUT2D eigenvalue weighted by Crippen LogP contribution is 2.10. The fourth-order valence-electron chi connectivity index (χ4n) is 1.32. The first-order valence-corrected chi connectivity index (χ1v) is 5.60. The van der Waals surface area contributed by atoms with Gasteiger partial charge in [0.05, 0.1) is 0 Å². The first-order chi connectivity index (χ1) is 8.15. The summed E-state index contributed by atoms with van der Waals surface area (Å²) in [5, 5.41) is 0. The summed E-state index contributed by atoms with van der Waals surface area (Å²) in [6, 6.07) is 3.04. The van der Waals surface area contributed by atoms with Crippen molar-refractivity contribution in [3.8, 4) is 0 Å². The molecule has 0 aliphatic heterocycles. The molecule has 1 aromatic heterocycles. The van der Waals surface area contributed by atoms with E-state index in [0.29, 0.717) is 0 Å². The molecule has 1 rings (SSSR count). The molecule has 0 unspecified atom stereocenters. The number of carbonyl (C=O) groups is 2. The summed E-state index contributed by atoms with van der Waals surface area (Å²) in [7, 11) is 0. The predicted molar refractivity (Wildman–Crippen MR) is 63.2 cm³/mol. The fourth-order valence-corrected chi connectivity index (χ4v) is 1.32. The van der Waals surface area contributed by atoms with Gasteiger partial charge in [-0.2, -0.15) is 0 Å². The number of hydrogen-bond donors (Lipinski definition) is 1. The Morgan fingerprint density at radius 3 is 2.82 bits per heavy atom. The van der Waals surface area contributed by atoms with Gasteiger partial charge in [-0.3, -0.25) is 4.79 Å². The number of ether oxygens (including phenoxy) is 1. The van der Waals surface area contributed by atoms with E-state index in [-0.39, 0.29) is 17.8 Å². The van der Waals surface area contributed by atoms with E-state index in [1.54, 1.807) is 6.07 Å². The fraction of sp³-hybridized carbons (Fsp3) is 0.417. The summed E-state index contributed by atoms with van der Waals surface area (Å²) in [4.78, 5) is 26.6. The lowest BCUT2D eigenvalue weighted by Crippen LogP contribution is -2.14. The maximum Gasteiger partial charge on any atom is 0.349 e. The molecule has 1 heterocycles. The van der Waals surface area contributed by atoms with E-state index < -0.39 is 11.9 Å². The lowest BCUT2D eigenvalue weighted by molar-refractivity contribution is -0.138. The molecular formula is C12H16N2O3. The smallest absolute Gasteiger partial charge is 0.349 e. The lowest BCUT2D eigenvalue weighted by atomic mass is 10.2. The third kappa shape index (κ3) is 4.22. The van der Waals surface area contributed by atoms with Crippen LogP contribution in [-0.2, 0) is 9.53 Å². The molecule has 0 saturated carbocycles. The highest BCUT2D eigenvalue weighted by atomic mass is 16.6. The van der Waals surface area contributed by atoms with Gasteiger partial charge >= 0.3 is 11.9 Å². The van der Waals surface area contributed by atoms with Crippen LogP contribution in [0.4, 0.5) is 5.82 Å². The zero-order valence-electron chi connectivity index (χ0n) is 9.81. The average Bonchev–Trinajstić information content (AvgIpc) is 2.29. The zero-order chi connectivity index (χ0) is 12.7. The number of nitrogens with two attached hydrogens (primary N) is 1. The summed E-state index contributed by atoms with van der Waals surface area (Å²) in [6.07, 6.45) is 4.40. The first kappa shape index (κ1) is 13.2. The van der Waals surface area contributed by atoms with E-state index in [0.717, 1.165) is 19.3 Å². The summed E-state index contributed by atoms with van der Waals surface area (Å²) in [5.74, 6) is -1.19. The van der Waals surface area contributed by atoms with Crippen molar-refractivity contribution in [3.05, 3.63) is 23.9 Å². The zero-order valence-corrected chi connectivity index (χ0v) is 9.81. The van der Waals surface area contributed by atoms with Crippen molar-refractivity contribution in [3.63, 3.8) is 0 Å². The van der Waals surface area contributed by atoms with Crippen molar-refractivity contribution in [2.24, 2.45) is 0 Å². The number of rotatable bonds is 5. The highest BCUT2D eigenvalue weighted by molar-refractivity contribution is 5.99. The Hall–Kier alpha value is -1.91. The topological polar surface area (TPSA) is 82.3 Å². The van der Waals surface area contributed by atoms with Gasteiger partial charge < -0.3 is 10.5 Å². The Morgan fingerprint density at radius 1 is 1.41 bits per heavy atom. The van der Waals surface area contributed by atoms with E-state index in [1.807, 2.05) is 6.92 Å². The quantitative estimate of drug-likeness (QED) is 0.480. The van der Waals surface area contributed by atoms with Crippen molar-refractivity contribution >= 4 is 17.8 Å². The van der Waals surface area contributed by atoms with Gasteiger partial charge in [-0.25, -0.2) is 9.78 Å². The summed E-state index contributed by atoms with van der Waals surface area (Å²) in [5.41, 5.74) is 5.62. The van der Waals surface area contributed by atoms with Gasteiger partial charge in [-0.05, 0) is 18.6 Å². The van der Waals surface area contributed by atoms with Crippen LogP contribution in [0, 0.1) is 0 Å². The largest absolute Gasteiger partial charge is 0.389 e. The van der Waals surface area contributed by atoms with Crippen LogP contribution in [-0.4, -0.2) is 16.9 Å². The summed E-state index contributed by atoms with van der Waals surface area (Å²) in [6.45, 7) is 2.03. The third-order valence-electron chi connectivity index (χ3n) is 2.25. The standard InChI is InChI=1S/C12H16N2O3/c1-2-3-4-7-10(15)17-12(16)9-6-5-8-14-11(9)13/h5-6,8H,2-4,7H2,1H3,(H2,13,14). The maximum atomic E-state index is 11.5. The average molecular weight is 236 g/mol. The number of esters is 2. The number of aromatic nitrogens is 1. The normalized spacial score (nSPS) is 9.94. The van der Waals surface area contributed by atoms with Crippen LogP contribution in [0.3, 0.4) is 0 Å². The van der Waals surface area contributed by atoms with Gasteiger partial charge in [-0.15, -0.1) is 0 Å². The number of carbonyl (C=O) groups excluding carboxylic acids is 2. The van der Waals surface area contributed by atoms with Crippen molar-refractivity contribution < 1.29 is 14.3 Å². The van der Waals surface area contributed by atoms with E-state index >= 15 is 0 Å². The molecule has 2 N–H and O–H groups in total. The molecule has 0 fully saturated rings.